The summed E-state index contributed by atoms with van der Waals surface area (Å²) in [6.07, 6.45) is 2.67. The van der Waals surface area contributed by atoms with E-state index in [-0.39, 0.29) is 5.41 Å². The second-order valence-electron chi connectivity index (χ2n) is 5.96. The molecule has 0 saturated heterocycles. The van der Waals surface area contributed by atoms with Gasteiger partial charge in [-0.2, -0.15) is 13.2 Å². The van der Waals surface area contributed by atoms with Crippen LogP contribution in [-0.4, -0.2) is 13.6 Å². The molecule has 1 N–H and O–H groups in total. The molecule has 0 aromatic heterocycles. The van der Waals surface area contributed by atoms with Crippen LogP contribution in [0.3, 0.4) is 0 Å². The van der Waals surface area contributed by atoms with Crippen LogP contribution in [0.25, 0.3) is 0 Å². The maximum atomic E-state index is 12.6. The SMILES string of the molecule is CNCC1(Cc2ccc(C(F)(F)F)cc2)CCCCC1. The molecule has 1 fully saturated rings. The molecule has 1 aromatic carbocycles. The smallest absolute Gasteiger partial charge is 0.319 e. The summed E-state index contributed by atoms with van der Waals surface area (Å²) in [6, 6.07) is 5.67. The summed E-state index contributed by atoms with van der Waals surface area (Å²) in [5.74, 6) is 0. The van der Waals surface area contributed by atoms with Gasteiger partial charge in [0.15, 0.2) is 0 Å². The van der Waals surface area contributed by atoms with Gasteiger partial charge in [-0.25, -0.2) is 0 Å². The Morgan fingerprint density at radius 3 is 2.15 bits per heavy atom. The van der Waals surface area contributed by atoms with Crippen LogP contribution in [0.2, 0.25) is 0 Å². The molecule has 0 atom stereocenters. The molecule has 1 saturated carbocycles. The monoisotopic (exact) mass is 285 g/mol. The van der Waals surface area contributed by atoms with Crippen molar-refractivity contribution in [2.24, 2.45) is 5.41 Å². The molecule has 0 radical (unpaired) electrons. The molecule has 1 nitrogen and oxygen atoms in total. The van der Waals surface area contributed by atoms with Crippen LogP contribution in [0.15, 0.2) is 24.3 Å². The Morgan fingerprint density at radius 2 is 1.65 bits per heavy atom. The first kappa shape index (κ1) is 15.4. The van der Waals surface area contributed by atoms with Crippen LogP contribution < -0.4 is 5.32 Å². The highest BCUT2D eigenvalue weighted by Gasteiger charge is 2.33. The summed E-state index contributed by atoms with van der Waals surface area (Å²) in [7, 11) is 1.95. The molecule has 1 aliphatic carbocycles. The summed E-state index contributed by atoms with van der Waals surface area (Å²) < 4.78 is 37.7. The van der Waals surface area contributed by atoms with E-state index < -0.39 is 11.7 Å². The van der Waals surface area contributed by atoms with Crippen molar-refractivity contribution in [3.05, 3.63) is 35.4 Å². The van der Waals surface area contributed by atoms with Gasteiger partial charge in [-0.15, -0.1) is 0 Å². The van der Waals surface area contributed by atoms with Gasteiger partial charge in [0, 0.05) is 6.54 Å². The number of halogens is 3. The largest absolute Gasteiger partial charge is 0.416 e. The zero-order valence-corrected chi connectivity index (χ0v) is 11.9. The Labute approximate surface area is 118 Å². The van der Waals surface area contributed by atoms with Gasteiger partial charge in [0.2, 0.25) is 0 Å². The van der Waals surface area contributed by atoms with Crippen LogP contribution in [0.5, 0.6) is 0 Å². The summed E-state index contributed by atoms with van der Waals surface area (Å²) in [5.41, 5.74) is 0.662. The fraction of sp³-hybridized carbons (Fsp3) is 0.625. The molecule has 0 aliphatic heterocycles. The van der Waals surface area contributed by atoms with Crippen LogP contribution >= 0.6 is 0 Å². The van der Waals surface area contributed by atoms with Crippen molar-refractivity contribution in [3.63, 3.8) is 0 Å². The van der Waals surface area contributed by atoms with E-state index in [1.54, 1.807) is 12.1 Å². The molecular weight excluding hydrogens is 263 g/mol. The average molecular weight is 285 g/mol. The van der Waals surface area contributed by atoms with Gasteiger partial charge in [-0.3, -0.25) is 0 Å². The number of hydrogen-bond acceptors (Lipinski definition) is 1. The van der Waals surface area contributed by atoms with E-state index in [0.29, 0.717) is 0 Å². The van der Waals surface area contributed by atoms with Gasteiger partial charge in [0.25, 0.3) is 0 Å². The topological polar surface area (TPSA) is 12.0 Å². The maximum absolute atomic E-state index is 12.6. The highest BCUT2D eigenvalue weighted by Crippen LogP contribution is 2.39. The lowest BCUT2D eigenvalue weighted by Crippen LogP contribution is -2.36. The van der Waals surface area contributed by atoms with Crippen LogP contribution in [0.4, 0.5) is 13.2 Å². The van der Waals surface area contributed by atoms with Crippen molar-refractivity contribution < 1.29 is 13.2 Å². The quantitative estimate of drug-likeness (QED) is 0.863. The van der Waals surface area contributed by atoms with Crippen molar-refractivity contribution in [2.75, 3.05) is 13.6 Å². The predicted molar refractivity (Wildman–Crippen MR) is 74.6 cm³/mol. The second-order valence-corrected chi connectivity index (χ2v) is 5.96. The Morgan fingerprint density at radius 1 is 1.05 bits per heavy atom. The van der Waals surface area contributed by atoms with Crippen molar-refractivity contribution in [1.29, 1.82) is 0 Å². The highest BCUT2D eigenvalue weighted by molar-refractivity contribution is 5.25. The number of rotatable bonds is 4. The lowest BCUT2D eigenvalue weighted by molar-refractivity contribution is -0.137. The Balaban J connectivity index is 2.10. The number of benzene rings is 1. The zero-order valence-electron chi connectivity index (χ0n) is 11.9. The van der Waals surface area contributed by atoms with E-state index in [9.17, 15) is 13.2 Å². The van der Waals surface area contributed by atoms with E-state index in [2.05, 4.69) is 5.32 Å². The van der Waals surface area contributed by atoms with Crippen molar-refractivity contribution in [3.8, 4) is 0 Å². The molecule has 4 heteroatoms. The van der Waals surface area contributed by atoms with Gasteiger partial charge in [0.05, 0.1) is 5.56 Å². The van der Waals surface area contributed by atoms with Crippen molar-refractivity contribution in [1.82, 2.24) is 5.32 Å². The molecule has 1 aromatic rings. The standard InChI is InChI=1S/C16H22F3N/c1-20-12-15(9-3-2-4-10-15)11-13-5-7-14(8-6-13)16(17,18)19/h5-8,20H,2-4,9-12H2,1H3. The molecule has 1 aliphatic rings. The predicted octanol–water partition coefficient (Wildman–Crippen LogP) is 4.42. The summed E-state index contributed by atoms with van der Waals surface area (Å²) >= 11 is 0. The first-order chi connectivity index (χ1) is 9.45. The number of hydrogen-bond donors (Lipinski definition) is 1. The van der Waals surface area contributed by atoms with E-state index in [1.807, 2.05) is 7.05 Å². The van der Waals surface area contributed by atoms with Gasteiger partial charge in [0.1, 0.15) is 0 Å². The molecular formula is C16H22F3N. The van der Waals surface area contributed by atoms with E-state index in [4.69, 9.17) is 0 Å². The summed E-state index contributed by atoms with van der Waals surface area (Å²) in [4.78, 5) is 0. The third-order valence-corrected chi connectivity index (χ3v) is 4.33. The molecule has 0 spiro atoms. The summed E-state index contributed by atoms with van der Waals surface area (Å²) in [6.45, 7) is 0.939. The van der Waals surface area contributed by atoms with Gasteiger partial charge >= 0.3 is 6.18 Å². The minimum atomic E-state index is -4.24. The number of alkyl halides is 3. The van der Waals surface area contributed by atoms with Gasteiger partial charge in [-0.05, 0) is 49.4 Å². The van der Waals surface area contributed by atoms with E-state index >= 15 is 0 Å². The maximum Gasteiger partial charge on any atom is 0.416 e. The van der Waals surface area contributed by atoms with Crippen molar-refractivity contribution >= 4 is 0 Å². The molecule has 0 heterocycles. The lowest BCUT2D eigenvalue weighted by atomic mass is 9.70. The normalized spacial score (nSPS) is 19.0. The fourth-order valence-corrected chi connectivity index (χ4v) is 3.34. The number of nitrogens with one attached hydrogen (secondary N) is 1. The minimum Gasteiger partial charge on any atom is -0.319 e. The zero-order chi connectivity index (χ0) is 14.6. The Hall–Kier alpha value is -1.03. The fourth-order valence-electron chi connectivity index (χ4n) is 3.34. The van der Waals surface area contributed by atoms with Crippen LogP contribution in [-0.2, 0) is 12.6 Å². The molecule has 0 amide bonds. The third kappa shape index (κ3) is 3.75. The van der Waals surface area contributed by atoms with E-state index in [0.717, 1.165) is 31.4 Å². The Bertz CT molecular complexity index is 411. The highest BCUT2D eigenvalue weighted by atomic mass is 19.4. The van der Waals surface area contributed by atoms with Crippen LogP contribution in [0, 0.1) is 5.41 Å². The second kappa shape index (κ2) is 6.17. The van der Waals surface area contributed by atoms with Crippen molar-refractivity contribution in [2.45, 2.75) is 44.7 Å². The first-order valence-electron chi connectivity index (χ1n) is 7.26. The third-order valence-electron chi connectivity index (χ3n) is 4.33. The Kier molecular flexibility index (Phi) is 4.74. The molecule has 0 unspecified atom stereocenters. The first-order valence-corrected chi connectivity index (χ1v) is 7.26. The van der Waals surface area contributed by atoms with Gasteiger partial charge in [-0.1, -0.05) is 31.4 Å². The molecule has 2 rings (SSSR count). The lowest BCUT2D eigenvalue weighted by Gasteiger charge is -2.37. The molecule has 20 heavy (non-hydrogen) atoms. The van der Waals surface area contributed by atoms with Gasteiger partial charge < -0.3 is 5.32 Å². The minimum absolute atomic E-state index is 0.215. The van der Waals surface area contributed by atoms with E-state index in [1.165, 1.54) is 31.4 Å². The average Bonchev–Trinajstić information content (AvgIpc) is 2.39. The molecule has 0 bridgehead atoms. The molecule has 112 valence electrons. The van der Waals surface area contributed by atoms with Crippen LogP contribution in [0.1, 0.15) is 43.2 Å². The summed E-state index contributed by atoms with van der Waals surface area (Å²) in [5, 5.41) is 3.25.